The first-order valence-electron chi connectivity index (χ1n) is 7.51. The molecule has 1 aliphatic carbocycles. The summed E-state index contributed by atoms with van der Waals surface area (Å²) in [5.41, 5.74) is 3.18. The molecule has 0 radical (unpaired) electrons. The van der Waals surface area contributed by atoms with Crippen LogP contribution < -0.4 is 0 Å². The van der Waals surface area contributed by atoms with Crippen LogP contribution in [0.25, 0.3) is 0 Å². The highest BCUT2D eigenvalue weighted by atomic mass is 16.2. The number of allylic oxidation sites excluding steroid dienone is 4. The van der Waals surface area contributed by atoms with Crippen molar-refractivity contribution < 1.29 is 9.59 Å². The maximum Gasteiger partial charge on any atom is 0.295 e. The van der Waals surface area contributed by atoms with Gasteiger partial charge in [0.15, 0.2) is 0 Å². The van der Waals surface area contributed by atoms with Crippen LogP contribution in [0.1, 0.15) is 31.7 Å². The minimum atomic E-state index is -0.360. The predicted molar refractivity (Wildman–Crippen MR) is 81.2 cm³/mol. The fraction of sp³-hybridized carbons (Fsp3) is 0.333. The van der Waals surface area contributed by atoms with Gasteiger partial charge in [0.05, 0.1) is 12.5 Å². The van der Waals surface area contributed by atoms with Crippen LogP contribution in [0.5, 0.6) is 0 Å². The molecule has 0 aromatic heterocycles. The Bertz CT molecular complexity index is 628. The summed E-state index contributed by atoms with van der Waals surface area (Å²) in [6.07, 6.45) is 6.88. The standard InChI is InChI=1S/C18H19NO2/c1-2-6-13-9-10-15-16(11-13)19(18(21)17(15)20)12-14-7-4-3-5-8-14/h3-5,7-9,11,15H,2,6,10,12H2,1H3. The molecule has 1 fully saturated rings. The van der Waals surface area contributed by atoms with Gasteiger partial charge in [0, 0.05) is 5.70 Å². The summed E-state index contributed by atoms with van der Waals surface area (Å²) in [4.78, 5) is 26.1. The number of likely N-dealkylation sites (tertiary alicyclic amines) is 1. The number of benzene rings is 1. The number of ketones is 1. The van der Waals surface area contributed by atoms with Crippen LogP contribution in [-0.2, 0) is 16.1 Å². The van der Waals surface area contributed by atoms with Gasteiger partial charge in [-0.2, -0.15) is 0 Å². The van der Waals surface area contributed by atoms with Gasteiger partial charge in [0.25, 0.3) is 5.91 Å². The van der Waals surface area contributed by atoms with Gasteiger partial charge in [-0.1, -0.05) is 55.3 Å². The Hall–Kier alpha value is -2.16. The molecule has 0 bridgehead atoms. The molecule has 1 aromatic rings. The van der Waals surface area contributed by atoms with Crippen molar-refractivity contribution in [2.45, 2.75) is 32.7 Å². The Kier molecular flexibility index (Phi) is 3.74. The smallest absolute Gasteiger partial charge is 0.295 e. The zero-order chi connectivity index (χ0) is 14.8. The van der Waals surface area contributed by atoms with E-state index in [9.17, 15) is 9.59 Å². The average molecular weight is 281 g/mol. The van der Waals surface area contributed by atoms with Crippen LogP contribution in [0, 0.1) is 5.92 Å². The molecule has 1 heterocycles. The first-order valence-corrected chi connectivity index (χ1v) is 7.51. The van der Waals surface area contributed by atoms with Crippen molar-refractivity contribution in [3.63, 3.8) is 0 Å². The average Bonchev–Trinajstić information content (AvgIpc) is 2.74. The third kappa shape index (κ3) is 2.56. The normalized spacial score (nSPS) is 21.2. The summed E-state index contributed by atoms with van der Waals surface area (Å²) < 4.78 is 0. The van der Waals surface area contributed by atoms with Crippen molar-refractivity contribution >= 4 is 11.7 Å². The van der Waals surface area contributed by atoms with E-state index in [0.29, 0.717) is 13.0 Å². The number of hydrogen-bond donors (Lipinski definition) is 0. The van der Waals surface area contributed by atoms with E-state index in [4.69, 9.17) is 0 Å². The number of fused-ring (bicyclic) bond motifs is 1. The molecular weight excluding hydrogens is 262 g/mol. The Balaban J connectivity index is 1.89. The number of hydrogen-bond acceptors (Lipinski definition) is 2. The van der Waals surface area contributed by atoms with Crippen molar-refractivity contribution in [1.82, 2.24) is 4.90 Å². The van der Waals surface area contributed by atoms with Crippen molar-refractivity contribution in [3.05, 3.63) is 59.3 Å². The molecule has 0 spiro atoms. The van der Waals surface area contributed by atoms with Crippen LogP contribution >= 0.6 is 0 Å². The lowest BCUT2D eigenvalue weighted by atomic mass is 9.91. The molecule has 21 heavy (non-hydrogen) atoms. The van der Waals surface area contributed by atoms with Crippen LogP contribution in [0.3, 0.4) is 0 Å². The Morgan fingerprint density at radius 2 is 1.95 bits per heavy atom. The van der Waals surface area contributed by atoms with E-state index in [1.165, 1.54) is 5.57 Å². The van der Waals surface area contributed by atoms with Crippen molar-refractivity contribution in [2.24, 2.45) is 5.92 Å². The number of nitrogens with zero attached hydrogens (tertiary/aromatic N) is 1. The molecular formula is C18H19NO2. The van der Waals surface area contributed by atoms with Gasteiger partial charge in [-0.25, -0.2) is 0 Å². The molecule has 108 valence electrons. The van der Waals surface area contributed by atoms with Crippen molar-refractivity contribution in [1.29, 1.82) is 0 Å². The van der Waals surface area contributed by atoms with Crippen LogP contribution in [0.2, 0.25) is 0 Å². The number of rotatable bonds is 4. The minimum absolute atomic E-state index is 0.260. The molecule has 1 saturated heterocycles. The fourth-order valence-electron chi connectivity index (χ4n) is 3.04. The van der Waals surface area contributed by atoms with E-state index >= 15 is 0 Å². The zero-order valence-corrected chi connectivity index (χ0v) is 12.2. The van der Waals surface area contributed by atoms with Gasteiger partial charge in [0.2, 0.25) is 5.78 Å². The van der Waals surface area contributed by atoms with E-state index in [2.05, 4.69) is 13.0 Å². The highest BCUT2D eigenvalue weighted by Crippen LogP contribution is 2.35. The molecule has 1 unspecified atom stereocenters. The fourth-order valence-corrected chi connectivity index (χ4v) is 3.04. The summed E-state index contributed by atoms with van der Waals surface area (Å²) in [7, 11) is 0. The molecule has 1 atom stereocenters. The Morgan fingerprint density at radius 1 is 1.19 bits per heavy atom. The summed E-state index contributed by atoms with van der Waals surface area (Å²) in [5, 5.41) is 0. The van der Waals surface area contributed by atoms with E-state index in [0.717, 1.165) is 24.1 Å². The summed E-state index contributed by atoms with van der Waals surface area (Å²) in [6.45, 7) is 2.62. The molecule has 3 heteroatoms. The van der Waals surface area contributed by atoms with E-state index < -0.39 is 0 Å². The molecule has 2 aliphatic rings. The number of carbonyl (C=O) groups is 2. The molecule has 3 rings (SSSR count). The summed E-state index contributed by atoms with van der Waals surface area (Å²) in [6, 6.07) is 9.82. The largest absolute Gasteiger partial charge is 0.304 e. The maximum absolute atomic E-state index is 12.3. The Morgan fingerprint density at radius 3 is 2.67 bits per heavy atom. The number of Topliss-reactive ketones (excluding diaryl/α,β-unsaturated/α-hetero) is 1. The van der Waals surface area contributed by atoms with Gasteiger partial charge in [0.1, 0.15) is 0 Å². The topological polar surface area (TPSA) is 37.4 Å². The molecule has 0 saturated carbocycles. The minimum Gasteiger partial charge on any atom is -0.304 e. The van der Waals surface area contributed by atoms with Gasteiger partial charge < -0.3 is 4.90 Å². The van der Waals surface area contributed by atoms with Gasteiger partial charge in [-0.05, 0) is 24.5 Å². The lowest BCUT2D eigenvalue weighted by Gasteiger charge is -2.22. The van der Waals surface area contributed by atoms with Crippen molar-refractivity contribution in [2.75, 3.05) is 0 Å². The second-order valence-electron chi connectivity index (χ2n) is 5.63. The van der Waals surface area contributed by atoms with Crippen LogP contribution in [0.4, 0.5) is 0 Å². The van der Waals surface area contributed by atoms with Gasteiger partial charge in [-0.3, -0.25) is 9.59 Å². The number of carbonyl (C=O) groups excluding carboxylic acids is 2. The predicted octanol–water partition coefficient (Wildman–Crippen LogP) is 3.23. The second-order valence-corrected chi connectivity index (χ2v) is 5.63. The number of amides is 1. The molecule has 1 aliphatic heterocycles. The zero-order valence-electron chi connectivity index (χ0n) is 12.2. The first kappa shape index (κ1) is 13.8. The lowest BCUT2D eigenvalue weighted by Crippen LogP contribution is -2.26. The van der Waals surface area contributed by atoms with E-state index in [1.54, 1.807) is 4.90 Å². The van der Waals surface area contributed by atoms with E-state index in [-0.39, 0.29) is 17.6 Å². The molecule has 0 N–H and O–H groups in total. The van der Waals surface area contributed by atoms with E-state index in [1.807, 2.05) is 36.4 Å². The third-order valence-electron chi connectivity index (χ3n) is 4.11. The van der Waals surface area contributed by atoms with Gasteiger partial charge >= 0.3 is 0 Å². The highest BCUT2D eigenvalue weighted by molar-refractivity contribution is 6.40. The quantitative estimate of drug-likeness (QED) is 0.795. The molecule has 1 amide bonds. The lowest BCUT2D eigenvalue weighted by molar-refractivity contribution is -0.140. The van der Waals surface area contributed by atoms with Crippen LogP contribution in [-0.4, -0.2) is 16.6 Å². The molecule has 1 aromatic carbocycles. The summed E-state index contributed by atoms with van der Waals surface area (Å²) >= 11 is 0. The summed E-state index contributed by atoms with van der Waals surface area (Å²) in [5.74, 6) is -0.882. The monoisotopic (exact) mass is 281 g/mol. The third-order valence-corrected chi connectivity index (χ3v) is 4.11. The first-order chi connectivity index (χ1) is 10.2. The SMILES string of the molecule is CCCC1=CCC2C(=O)C(=O)N(Cc3ccccc3)C2=C1. The van der Waals surface area contributed by atoms with Crippen LogP contribution in [0.15, 0.2) is 53.8 Å². The maximum atomic E-state index is 12.3. The Labute approximate surface area is 125 Å². The van der Waals surface area contributed by atoms with Gasteiger partial charge in [-0.15, -0.1) is 0 Å². The van der Waals surface area contributed by atoms with Crippen molar-refractivity contribution in [3.8, 4) is 0 Å². The molecule has 3 nitrogen and oxygen atoms in total. The second kappa shape index (κ2) is 5.68. The highest BCUT2D eigenvalue weighted by Gasteiger charge is 2.43.